The summed E-state index contributed by atoms with van der Waals surface area (Å²) < 4.78 is 0. The SMILES string of the molecule is C[NH+]([O-])O[NH+]([O-])CCC1C[NH+]([O-])O[NH+]1[O-]. The maximum absolute atomic E-state index is 11.0. The fraction of sp³-hybridized carbons (Fsp3) is 1.00. The molecular weight excluding hydrogens is 212 g/mol. The first-order chi connectivity index (χ1) is 6.99. The Hall–Kier alpha value is -0.400. The van der Waals surface area contributed by atoms with Crippen molar-refractivity contribution < 1.29 is 30.8 Å². The molecule has 0 saturated carbocycles. The highest BCUT2D eigenvalue weighted by Gasteiger charge is 2.32. The van der Waals surface area contributed by atoms with Crippen LogP contribution in [0.15, 0.2) is 0 Å². The summed E-state index contributed by atoms with van der Waals surface area (Å²) in [5.41, 5.74) is 0. The monoisotopic (exact) mass is 226 g/mol. The first kappa shape index (κ1) is 12.7. The van der Waals surface area contributed by atoms with E-state index in [2.05, 4.69) is 9.88 Å². The molecule has 1 aliphatic heterocycles. The molecule has 4 N–H and O–H groups in total. The van der Waals surface area contributed by atoms with Gasteiger partial charge in [0.15, 0.2) is 12.6 Å². The molecule has 1 heterocycles. The Morgan fingerprint density at radius 3 is 2.60 bits per heavy atom. The second-order valence-corrected chi connectivity index (χ2v) is 3.20. The number of hydrogen-bond acceptors (Lipinski definition) is 6. The standard InChI is InChI=1S/C5H14N4O6/c1-6(10)14-7(11)3-2-5-4-8(12)15-9(5)13/h5-9H,2-4H2,1H3. The molecule has 1 fully saturated rings. The van der Waals surface area contributed by atoms with E-state index < -0.39 is 26.9 Å². The Balaban J connectivity index is 2.19. The lowest BCUT2D eigenvalue weighted by atomic mass is 10.2. The van der Waals surface area contributed by atoms with Crippen LogP contribution in [0.3, 0.4) is 0 Å². The van der Waals surface area contributed by atoms with Gasteiger partial charge < -0.3 is 20.8 Å². The summed E-state index contributed by atoms with van der Waals surface area (Å²) in [7, 11) is 1.12. The minimum Gasteiger partial charge on any atom is -0.596 e. The largest absolute Gasteiger partial charge is 0.596 e. The zero-order valence-corrected chi connectivity index (χ0v) is 8.15. The molecule has 0 bridgehead atoms. The van der Waals surface area contributed by atoms with Crippen molar-refractivity contribution in [1.82, 2.24) is 0 Å². The van der Waals surface area contributed by atoms with Crippen molar-refractivity contribution in [2.75, 3.05) is 20.1 Å². The summed E-state index contributed by atoms with van der Waals surface area (Å²) in [6.07, 6.45) is 0.163. The second-order valence-electron chi connectivity index (χ2n) is 3.20. The van der Waals surface area contributed by atoms with E-state index in [1.807, 2.05) is 0 Å². The summed E-state index contributed by atoms with van der Waals surface area (Å²) in [5, 5.41) is 40.3. The van der Waals surface area contributed by atoms with Gasteiger partial charge in [-0.25, -0.2) is 0 Å². The van der Waals surface area contributed by atoms with Gasteiger partial charge in [0.25, 0.3) is 0 Å². The molecule has 0 radical (unpaired) electrons. The van der Waals surface area contributed by atoms with Crippen LogP contribution in [0.25, 0.3) is 0 Å². The Bertz CT molecular complexity index is 194. The van der Waals surface area contributed by atoms with Gasteiger partial charge in [-0.05, 0) is 9.88 Å². The van der Waals surface area contributed by atoms with Gasteiger partial charge in [0, 0.05) is 0 Å². The molecule has 5 unspecified atom stereocenters. The van der Waals surface area contributed by atoms with Crippen molar-refractivity contribution in [3.63, 3.8) is 0 Å². The first-order valence-corrected chi connectivity index (χ1v) is 4.45. The second kappa shape index (κ2) is 5.62. The van der Waals surface area contributed by atoms with Crippen LogP contribution in [-0.2, 0) is 9.88 Å². The maximum atomic E-state index is 11.0. The van der Waals surface area contributed by atoms with Crippen molar-refractivity contribution in [2.24, 2.45) is 0 Å². The van der Waals surface area contributed by atoms with E-state index in [9.17, 15) is 20.8 Å². The van der Waals surface area contributed by atoms with Crippen molar-refractivity contribution in [2.45, 2.75) is 12.5 Å². The van der Waals surface area contributed by atoms with E-state index in [-0.39, 0.29) is 19.5 Å². The number of rotatable bonds is 5. The van der Waals surface area contributed by atoms with Crippen molar-refractivity contribution >= 4 is 0 Å². The predicted molar refractivity (Wildman–Crippen MR) is 43.6 cm³/mol. The molecule has 15 heavy (non-hydrogen) atoms. The van der Waals surface area contributed by atoms with Gasteiger partial charge >= 0.3 is 0 Å². The van der Waals surface area contributed by atoms with Gasteiger partial charge in [-0.1, -0.05) is 0 Å². The first-order valence-electron chi connectivity index (χ1n) is 4.45. The molecule has 0 amide bonds. The van der Waals surface area contributed by atoms with Crippen molar-refractivity contribution in [3.05, 3.63) is 20.8 Å². The maximum Gasteiger partial charge on any atom is 0.180 e. The normalized spacial score (nSPS) is 35.4. The molecule has 1 aliphatic rings. The number of hydroxylamine groups is 8. The van der Waals surface area contributed by atoms with Crippen LogP contribution >= 0.6 is 0 Å². The van der Waals surface area contributed by atoms with Crippen LogP contribution in [0.1, 0.15) is 6.42 Å². The third-order valence-corrected chi connectivity index (χ3v) is 1.92. The molecule has 0 spiro atoms. The topological polar surface area (TPSA) is 128 Å². The zero-order valence-electron chi connectivity index (χ0n) is 8.15. The Kier molecular flexibility index (Phi) is 4.75. The van der Waals surface area contributed by atoms with E-state index in [0.717, 1.165) is 7.05 Å². The molecule has 0 aromatic carbocycles. The Morgan fingerprint density at radius 1 is 1.47 bits per heavy atom. The lowest BCUT2D eigenvalue weighted by Crippen LogP contribution is -3.24. The predicted octanol–water partition coefficient (Wildman–Crippen LogP) is -6.39. The van der Waals surface area contributed by atoms with Crippen LogP contribution in [0.5, 0.6) is 0 Å². The van der Waals surface area contributed by atoms with E-state index in [4.69, 9.17) is 0 Å². The Labute approximate surface area is 85.3 Å². The van der Waals surface area contributed by atoms with Gasteiger partial charge in [-0.3, -0.25) is 0 Å². The van der Waals surface area contributed by atoms with E-state index in [1.54, 1.807) is 0 Å². The molecule has 10 heteroatoms. The molecule has 0 aliphatic carbocycles. The quantitative estimate of drug-likeness (QED) is 0.272. The van der Waals surface area contributed by atoms with Crippen molar-refractivity contribution in [1.29, 1.82) is 0 Å². The third kappa shape index (κ3) is 4.31. The van der Waals surface area contributed by atoms with Gasteiger partial charge in [-0.15, -0.1) is 0 Å². The fourth-order valence-corrected chi connectivity index (χ4v) is 1.25. The number of hydrogen-bond donors (Lipinski definition) is 4. The smallest absolute Gasteiger partial charge is 0.180 e. The lowest BCUT2D eigenvalue weighted by molar-refractivity contribution is -1.31. The summed E-state index contributed by atoms with van der Waals surface area (Å²) in [6, 6.07) is -0.586. The summed E-state index contributed by atoms with van der Waals surface area (Å²) in [5.74, 6) is 0. The summed E-state index contributed by atoms with van der Waals surface area (Å²) in [4.78, 5) is 8.55. The number of quaternary nitrogens is 4. The zero-order chi connectivity index (χ0) is 11.4. The van der Waals surface area contributed by atoms with Gasteiger partial charge in [0.1, 0.15) is 13.6 Å². The van der Waals surface area contributed by atoms with E-state index in [0.29, 0.717) is 0 Å². The minimum absolute atomic E-state index is 0.00775. The van der Waals surface area contributed by atoms with Crippen LogP contribution in [0, 0.1) is 20.8 Å². The highest BCUT2D eigenvalue weighted by atomic mass is 17.1. The molecule has 5 atom stereocenters. The average Bonchev–Trinajstić information content (AvgIpc) is 2.40. The minimum atomic E-state index is -0.699. The molecule has 0 aromatic rings. The highest BCUT2D eigenvalue weighted by Crippen LogP contribution is 1.83. The molecule has 1 rings (SSSR count). The summed E-state index contributed by atoms with van der Waals surface area (Å²) in [6.45, 7) is -0.0845. The molecule has 10 nitrogen and oxygen atoms in total. The third-order valence-electron chi connectivity index (χ3n) is 1.92. The lowest BCUT2D eigenvalue weighted by Gasteiger charge is -2.23. The average molecular weight is 226 g/mol. The van der Waals surface area contributed by atoms with Crippen LogP contribution in [-0.4, -0.2) is 26.2 Å². The van der Waals surface area contributed by atoms with Crippen LogP contribution < -0.4 is 20.9 Å². The summed E-state index contributed by atoms with van der Waals surface area (Å²) >= 11 is 0. The van der Waals surface area contributed by atoms with E-state index in [1.165, 1.54) is 0 Å². The number of nitrogens with one attached hydrogen (secondary N) is 4. The molecule has 0 aromatic heterocycles. The van der Waals surface area contributed by atoms with Gasteiger partial charge in [0.2, 0.25) is 0 Å². The molecule has 90 valence electrons. The Morgan fingerprint density at radius 2 is 2.13 bits per heavy atom. The van der Waals surface area contributed by atoms with E-state index >= 15 is 0 Å². The van der Waals surface area contributed by atoms with Gasteiger partial charge in [0.05, 0.1) is 6.42 Å². The van der Waals surface area contributed by atoms with Crippen molar-refractivity contribution in [3.8, 4) is 0 Å². The van der Waals surface area contributed by atoms with Crippen LogP contribution in [0.2, 0.25) is 0 Å². The van der Waals surface area contributed by atoms with Crippen LogP contribution in [0.4, 0.5) is 0 Å². The highest BCUT2D eigenvalue weighted by molar-refractivity contribution is 4.52. The van der Waals surface area contributed by atoms with Gasteiger partial charge in [-0.2, -0.15) is 20.9 Å². The molecule has 1 saturated heterocycles. The fourth-order valence-electron chi connectivity index (χ4n) is 1.25. The molecular formula is C5H14N4O6.